The van der Waals surface area contributed by atoms with E-state index >= 15 is 0 Å². The van der Waals surface area contributed by atoms with Gasteiger partial charge in [-0.3, -0.25) is 4.79 Å². The van der Waals surface area contributed by atoms with E-state index in [1.54, 1.807) is 13.0 Å². The first-order valence-electron chi connectivity index (χ1n) is 4.05. The number of carbonyl (C=O) groups excluding carboxylic acids is 1. The molecule has 0 atom stereocenters. The van der Waals surface area contributed by atoms with Crippen molar-refractivity contribution in [2.45, 2.75) is 6.92 Å². The highest BCUT2D eigenvalue weighted by Gasteiger charge is 2.04. The van der Waals surface area contributed by atoms with Gasteiger partial charge in [-0.15, -0.1) is 0 Å². The molecule has 0 radical (unpaired) electrons. The number of nitrogens with one attached hydrogen (secondary N) is 1. The zero-order valence-electron chi connectivity index (χ0n) is 8.07. The van der Waals surface area contributed by atoms with Crippen molar-refractivity contribution in [3.8, 4) is 6.01 Å². The first-order valence-corrected chi connectivity index (χ1v) is 4.05. The molecule has 0 fully saturated rings. The highest BCUT2D eigenvalue weighted by Crippen LogP contribution is 2.10. The van der Waals surface area contributed by atoms with E-state index in [0.717, 1.165) is 0 Å². The number of ether oxygens (including phenoxy) is 1. The number of amides is 1. The van der Waals surface area contributed by atoms with E-state index in [1.807, 2.05) is 0 Å². The first kappa shape index (κ1) is 10.4. The number of hydrogen-bond acceptors (Lipinski definition) is 5. The van der Waals surface area contributed by atoms with Gasteiger partial charge < -0.3 is 15.8 Å². The first-order chi connectivity index (χ1) is 6.65. The lowest BCUT2D eigenvalue weighted by atomic mass is 10.4. The minimum atomic E-state index is -0.301. The molecule has 1 aromatic heterocycles. The van der Waals surface area contributed by atoms with Crippen molar-refractivity contribution < 1.29 is 9.53 Å². The maximum absolute atomic E-state index is 11.0. The topological polar surface area (TPSA) is 90.1 Å². The average Bonchev–Trinajstić information content (AvgIpc) is 2.16. The van der Waals surface area contributed by atoms with Crippen molar-refractivity contribution in [1.29, 1.82) is 0 Å². The Morgan fingerprint density at radius 3 is 2.93 bits per heavy atom. The van der Waals surface area contributed by atoms with Crippen LogP contribution in [-0.4, -0.2) is 29.5 Å². The third-order valence-electron chi connectivity index (χ3n) is 1.47. The lowest BCUT2D eigenvalue weighted by Crippen LogP contribution is -2.22. The van der Waals surface area contributed by atoms with Crippen molar-refractivity contribution >= 4 is 11.7 Å². The standard InChI is InChI=1S/C8H12N4O2/c1-5-3-6(11-7(13)4-9)12-8(10-5)14-2/h3H,4,9H2,1-2H3,(H,10,11,12,13). The number of carbonyl (C=O) groups is 1. The molecule has 0 bridgehead atoms. The molecule has 6 heteroatoms. The Bertz CT molecular complexity index is 340. The number of anilines is 1. The van der Waals surface area contributed by atoms with Gasteiger partial charge in [0.2, 0.25) is 5.91 Å². The summed E-state index contributed by atoms with van der Waals surface area (Å²) in [5.41, 5.74) is 5.85. The summed E-state index contributed by atoms with van der Waals surface area (Å²) >= 11 is 0. The molecule has 1 aromatic rings. The summed E-state index contributed by atoms with van der Waals surface area (Å²) in [6.07, 6.45) is 0. The smallest absolute Gasteiger partial charge is 0.318 e. The van der Waals surface area contributed by atoms with E-state index in [2.05, 4.69) is 15.3 Å². The molecule has 0 aliphatic carbocycles. The average molecular weight is 196 g/mol. The van der Waals surface area contributed by atoms with Crippen LogP contribution >= 0.6 is 0 Å². The lowest BCUT2D eigenvalue weighted by Gasteiger charge is -2.05. The Kier molecular flexibility index (Phi) is 3.35. The molecule has 0 saturated heterocycles. The quantitative estimate of drug-likeness (QED) is 0.692. The van der Waals surface area contributed by atoms with Crippen LogP contribution in [0.4, 0.5) is 5.82 Å². The number of hydrogen-bond donors (Lipinski definition) is 2. The summed E-state index contributed by atoms with van der Waals surface area (Å²) in [6.45, 7) is 1.70. The van der Waals surface area contributed by atoms with Crippen molar-refractivity contribution in [3.63, 3.8) is 0 Å². The van der Waals surface area contributed by atoms with E-state index in [1.165, 1.54) is 7.11 Å². The Hall–Kier alpha value is -1.69. The third-order valence-corrected chi connectivity index (χ3v) is 1.47. The molecule has 76 valence electrons. The Morgan fingerprint density at radius 1 is 1.64 bits per heavy atom. The van der Waals surface area contributed by atoms with E-state index in [9.17, 15) is 4.79 Å². The van der Waals surface area contributed by atoms with E-state index in [0.29, 0.717) is 11.5 Å². The van der Waals surface area contributed by atoms with Crippen LogP contribution in [0.2, 0.25) is 0 Å². The Morgan fingerprint density at radius 2 is 2.36 bits per heavy atom. The number of methoxy groups -OCH3 is 1. The number of aromatic nitrogens is 2. The zero-order valence-corrected chi connectivity index (χ0v) is 8.07. The van der Waals surface area contributed by atoms with Crippen LogP contribution in [0.5, 0.6) is 6.01 Å². The Balaban J connectivity index is 2.86. The molecule has 0 aliphatic rings. The molecule has 0 unspecified atom stereocenters. The van der Waals surface area contributed by atoms with Gasteiger partial charge in [0.1, 0.15) is 5.82 Å². The molecule has 1 rings (SSSR count). The summed E-state index contributed by atoms with van der Waals surface area (Å²) < 4.78 is 4.85. The largest absolute Gasteiger partial charge is 0.467 e. The van der Waals surface area contributed by atoms with Gasteiger partial charge in [0.25, 0.3) is 0 Å². The van der Waals surface area contributed by atoms with Crippen molar-refractivity contribution in [2.24, 2.45) is 5.73 Å². The second-order valence-corrected chi connectivity index (χ2v) is 2.63. The van der Waals surface area contributed by atoms with Crippen LogP contribution in [0.15, 0.2) is 6.07 Å². The molecule has 14 heavy (non-hydrogen) atoms. The molecule has 0 aliphatic heterocycles. The predicted octanol–water partition coefficient (Wildman–Crippen LogP) is -0.309. The number of nitrogens with zero attached hydrogens (tertiary/aromatic N) is 2. The second kappa shape index (κ2) is 4.52. The van der Waals surface area contributed by atoms with Gasteiger partial charge >= 0.3 is 6.01 Å². The van der Waals surface area contributed by atoms with Crippen LogP contribution in [0.3, 0.4) is 0 Å². The maximum atomic E-state index is 11.0. The molecular formula is C8H12N4O2. The highest BCUT2D eigenvalue weighted by molar-refractivity contribution is 5.91. The minimum absolute atomic E-state index is 0.0780. The summed E-state index contributed by atoms with van der Waals surface area (Å²) in [6, 6.07) is 1.85. The SMILES string of the molecule is COc1nc(C)cc(NC(=O)CN)n1. The van der Waals surface area contributed by atoms with Gasteiger partial charge in [-0.1, -0.05) is 0 Å². The fraction of sp³-hybridized carbons (Fsp3) is 0.375. The van der Waals surface area contributed by atoms with Crippen LogP contribution in [-0.2, 0) is 4.79 Å². The second-order valence-electron chi connectivity index (χ2n) is 2.63. The third kappa shape index (κ3) is 2.67. The predicted molar refractivity (Wildman–Crippen MR) is 51.0 cm³/mol. The number of rotatable bonds is 3. The fourth-order valence-electron chi connectivity index (χ4n) is 0.891. The van der Waals surface area contributed by atoms with E-state index in [-0.39, 0.29) is 18.5 Å². The zero-order chi connectivity index (χ0) is 10.6. The summed E-state index contributed by atoms with van der Waals surface area (Å²) in [4.78, 5) is 18.8. The van der Waals surface area contributed by atoms with Gasteiger partial charge in [0, 0.05) is 11.8 Å². The van der Waals surface area contributed by atoms with Crippen LogP contribution in [0, 0.1) is 6.92 Å². The number of nitrogens with two attached hydrogens (primary N) is 1. The molecule has 3 N–H and O–H groups in total. The molecule has 1 heterocycles. The monoisotopic (exact) mass is 196 g/mol. The summed E-state index contributed by atoms with van der Waals surface area (Å²) in [7, 11) is 1.46. The van der Waals surface area contributed by atoms with Crippen LogP contribution in [0.1, 0.15) is 5.69 Å². The molecule has 0 saturated carbocycles. The van der Waals surface area contributed by atoms with E-state index in [4.69, 9.17) is 10.5 Å². The molecule has 6 nitrogen and oxygen atoms in total. The van der Waals surface area contributed by atoms with Crippen molar-refractivity contribution in [3.05, 3.63) is 11.8 Å². The van der Waals surface area contributed by atoms with Crippen molar-refractivity contribution in [1.82, 2.24) is 9.97 Å². The maximum Gasteiger partial charge on any atom is 0.318 e. The van der Waals surface area contributed by atoms with Gasteiger partial charge in [-0.25, -0.2) is 4.98 Å². The van der Waals surface area contributed by atoms with Gasteiger partial charge in [-0.2, -0.15) is 4.98 Å². The summed E-state index contributed by atoms with van der Waals surface area (Å²) in [5.74, 6) is 0.0925. The fourth-order valence-corrected chi connectivity index (χ4v) is 0.891. The van der Waals surface area contributed by atoms with Gasteiger partial charge in [0.15, 0.2) is 0 Å². The van der Waals surface area contributed by atoms with Gasteiger partial charge in [0.05, 0.1) is 13.7 Å². The molecular weight excluding hydrogens is 184 g/mol. The van der Waals surface area contributed by atoms with Crippen LogP contribution in [0.25, 0.3) is 0 Å². The number of aryl methyl sites for hydroxylation is 1. The Labute approximate surface area is 81.5 Å². The van der Waals surface area contributed by atoms with Gasteiger partial charge in [-0.05, 0) is 6.92 Å². The molecule has 0 aromatic carbocycles. The minimum Gasteiger partial charge on any atom is -0.467 e. The highest BCUT2D eigenvalue weighted by atomic mass is 16.5. The van der Waals surface area contributed by atoms with E-state index < -0.39 is 0 Å². The normalized spacial score (nSPS) is 9.64. The summed E-state index contributed by atoms with van der Waals surface area (Å²) in [5, 5.41) is 2.51. The molecule has 0 spiro atoms. The lowest BCUT2D eigenvalue weighted by molar-refractivity contribution is -0.114. The molecule has 1 amide bonds. The van der Waals surface area contributed by atoms with Crippen LogP contribution < -0.4 is 15.8 Å². The van der Waals surface area contributed by atoms with Crippen molar-refractivity contribution in [2.75, 3.05) is 19.0 Å².